The summed E-state index contributed by atoms with van der Waals surface area (Å²) in [6.07, 6.45) is 3.51. The van der Waals surface area contributed by atoms with E-state index in [1.165, 1.54) is 0 Å². The molecule has 0 bridgehead atoms. The molecule has 0 aliphatic carbocycles. The lowest BCUT2D eigenvalue weighted by Crippen LogP contribution is -2.20. The van der Waals surface area contributed by atoms with Crippen molar-refractivity contribution in [2.75, 3.05) is 5.32 Å². The predicted molar refractivity (Wildman–Crippen MR) is 83.1 cm³/mol. The van der Waals surface area contributed by atoms with Crippen molar-refractivity contribution >= 4 is 11.5 Å². The van der Waals surface area contributed by atoms with Gasteiger partial charge >= 0.3 is 0 Å². The molecule has 0 fully saturated rings. The molecular formula is C16H16N6. The molecule has 0 aliphatic rings. The van der Waals surface area contributed by atoms with Gasteiger partial charge in [-0.25, -0.2) is 4.98 Å². The van der Waals surface area contributed by atoms with Crippen LogP contribution in [0.3, 0.4) is 0 Å². The van der Waals surface area contributed by atoms with Crippen LogP contribution in [0, 0.1) is 17.2 Å². The van der Waals surface area contributed by atoms with Crippen LogP contribution in [0.5, 0.6) is 0 Å². The Kier molecular flexibility index (Phi) is 3.71. The van der Waals surface area contributed by atoms with Gasteiger partial charge in [-0.2, -0.15) is 5.26 Å². The van der Waals surface area contributed by atoms with E-state index in [2.05, 4.69) is 40.4 Å². The fourth-order valence-electron chi connectivity index (χ4n) is 2.31. The number of anilines is 1. The van der Waals surface area contributed by atoms with Crippen LogP contribution in [-0.2, 0) is 0 Å². The van der Waals surface area contributed by atoms with Crippen molar-refractivity contribution in [3.63, 3.8) is 0 Å². The van der Waals surface area contributed by atoms with E-state index in [4.69, 9.17) is 5.26 Å². The van der Waals surface area contributed by atoms with Gasteiger partial charge in [-0.15, -0.1) is 10.2 Å². The number of nitrogens with one attached hydrogen (secondary N) is 1. The van der Waals surface area contributed by atoms with Crippen LogP contribution in [0.25, 0.3) is 5.65 Å². The molecule has 0 aliphatic heterocycles. The summed E-state index contributed by atoms with van der Waals surface area (Å²) in [6, 6.07) is 11.4. The normalized spacial score (nSPS) is 12.3. The number of aromatic nitrogens is 4. The van der Waals surface area contributed by atoms with Gasteiger partial charge in [0.25, 0.3) is 0 Å². The van der Waals surface area contributed by atoms with E-state index in [0.29, 0.717) is 17.3 Å². The summed E-state index contributed by atoms with van der Waals surface area (Å²) >= 11 is 0. The van der Waals surface area contributed by atoms with Crippen molar-refractivity contribution in [3.05, 3.63) is 54.1 Å². The standard InChI is InChI=1S/C16H16N6/c1-11(2)15(19-13-7-6-12(9-17)10-18-13)16-21-20-14-5-3-4-8-22(14)16/h3-8,10-11,15H,1-2H3,(H,18,19)/t15-/m0/s1. The molecular weight excluding hydrogens is 276 g/mol. The van der Waals surface area contributed by atoms with E-state index >= 15 is 0 Å². The molecule has 0 aromatic carbocycles. The number of rotatable bonds is 4. The molecule has 1 N–H and O–H groups in total. The third-order valence-electron chi connectivity index (χ3n) is 3.48. The Morgan fingerprint density at radius 3 is 2.73 bits per heavy atom. The minimum absolute atomic E-state index is 0.0298. The predicted octanol–water partition coefficient (Wildman–Crippen LogP) is 2.81. The molecule has 3 aromatic rings. The average Bonchev–Trinajstić information content (AvgIpc) is 2.96. The van der Waals surface area contributed by atoms with Gasteiger partial charge in [0.15, 0.2) is 11.5 Å². The van der Waals surface area contributed by atoms with Crippen LogP contribution in [0.1, 0.15) is 31.3 Å². The Morgan fingerprint density at radius 1 is 1.18 bits per heavy atom. The fraction of sp³-hybridized carbons (Fsp3) is 0.250. The smallest absolute Gasteiger partial charge is 0.160 e. The second kappa shape index (κ2) is 5.82. The van der Waals surface area contributed by atoms with Gasteiger partial charge in [-0.05, 0) is 30.2 Å². The maximum atomic E-state index is 8.84. The van der Waals surface area contributed by atoms with E-state index < -0.39 is 0 Å². The van der Waals surface area contributed by atoms with E-state index in [9.17, 15) is 0 Å². The van der Waals surface area contributed by atoms with Gasteiger partial charge in [-0.1, -0.05) is 19.9 Å². The summed E-state index contributed by atoms with van der Waals surface area (Å²) in [5, 5.41) is 20.7. The largest absolute Gasteiger partial charge is 0.360 e. The molecule has 6 nitrogen and oxygen atoms in total. The molecule has 0 spiro atoms. The fourth-order valence-corrected chi connectivity index (χ4v) is 2.31. The number of pyridine rings is 2. The zero-order valence-corrected chi connectivity index (χ0v) is 12.4. The van der Waals surface area contributed by atoms with Gasteiger partial charge < -0.3 is 5.32 Å². The third-order valence-corrected chi connectivity index (χ3v) is 3.48. The van der Waals surface area contributed by atoms with Crippen molar-refractivity contribution in [2.45, 2.75) is 19.9 Å². The van der Waals surface area contributed by atoms with E-state index in [-0.39, 0.29) is 6.04 Å². The molecule has 0 unspecified atom stereocenters. The number of nitriles is 1. The topological polar surface area (TPSA) is 78.9 Å². The third kappa shape index (κ3) is 2.61. The van der Waals surface area contributed by atoms with Crippen molar-refractivity contribution < 1.29 is 0 Å². The Labute approximate surface area is 128 Å². The maximum Gasteiger partial charge on any atom is 0.160 e. The van der Waals surface area contributed by atoms with Crippen molar-refractivity contribution in [1.82, 2.24) is 19.6 Å². The van der Waals surface area contributed by atoms with Crippen molar-refractivity contribution in [2.24, 2.45) is 5.92 Å². The molecule has 3 heterocycles. The molecule has 3 aromatic heterocycles. The number of hydrogen-bond donors (Lipinski definition) is 1. The van der Waals surface area contributed by atoms with Gasteiger partial charge in [0.1, 0.15) is 11.9 Å². The lowest BCUT2D eigenvalue weighted by atomic mass is 10.0. The first-order valence-electron chi connectivity index (χ1n) is 7.11. The first-order chi connectivity index (χ1) is 10.7. The highest BCUT2D eigenvalue weighted by Gasteiger charge is 2.21. The summed E-state index contributed by atoms with van der Waals surface area (Å²) in [4.78, 5) is 4.27. The minimum atomic E-state index is -0.0298. The van der Waals surface area contributed by atoms with Crippen molar-refractivity contribution in [1.29, 1.82) is 5.26 Å². The van der Waals surface area contributed by atoms with Crippen molar-refractivity contribution in [3.8, 4) is 6.07 Å². The quantitative estimate of drug-likeness (QED) is 0.800. The molecule has 22 heavy (non-hydrogen) atoms. The summed E-state index contributed by atoms with van der Waals surface area (Å²) in [5.74, 6) is 1.85. The van der Waals surface area contributed by atoms with Crippen LogP contribution in [0.4, 0.5) is 5.82 Å². The van der Waals surface area contributed by atoms with Crippen LogP contribution < -0.4 is 5.32 Å². The van der Waals surface area contributed by atoms with Crippen LogP contribution in [0.2, 0.25) is 0 Å². The molecule has 1 atom stereocenters. The maximum absolute atomic E-state index is 8.84. The molecule has 3 rings (SSSR count). The lowest BCUT2D eigenvalue weighted by Gasteiger charge is -2.21. The molecule has 0 radical (unpaired) electrons. The van der Waals surface area contributed by atoms with Gasteiger partial charge in [0.2, 0.25) is 0 Å². The summed E-state index contributed by atoms with van der Waals surface area (Å²) < 4.78 is 1.97. The zero-order valence-electron chi connectivity index (χ0n) is 12.4. The van der Waals surface area contributed by atoms with E-state index in [0.717, 1.165) is 11.5 Å². The average molecular weight is 292 g/mol. The second-order valence-corrected chi connectivity index (χ2v) is 5.40. The Balaban J connectivity index is 1.94. The highest BCUT2D eigenvalue weighted by atomic mass is 15.3. The number of hydrogen-bond acceptors (Lipinski definition) is 5. The molecule has 0 saturated heterocycles. The van der Waals surface area contributed by atoms with Crippen LogP contribution in [0.15, 0.2) is 42.7 Å². The zero-order chi connectivity index (χ0) is 15.5. The summed E-state index contributed by atoms with van der Waals surface area (Å²) in [7, 11) is 0. The van der Waals surface area contributed by atoms with Gasteiger partial charge in [0, 0.05) is 12.4 Å². The number of nitrogens with zero attached hydrogens (tertiary/aromatic N) is 5. The van der Waals surface area contributed by atoms with Gasteiger partial charge in [0.05, 0.1) is 11.6 Å². The first kappa shape index (κ1) is 14.0. The van der Waals surface area contributed by atoms with Gasteiger partial charge in [-0.3, -0.25) is 4.40 Å². The Morgan fingerprint density at radius 2 is 2.05 bits per heavy atom. The van der Waals surface area contributed by atoms with E-state index in [1.54, 1.807) is 18.3 Å². The molecule has 0 amide bonds. The number of fused-ring (bicyclic) bond motifs is 1. The van der Waals surface area contributed by atoms with Crippen LogP contribution in [-0.4, -0.2) is 19.6 Å². The summed E-state index contributed by atoms with van der Waals surface area (Å²) in [5.41, 5.74) is 1.36. The molecule has 110 valence electrons. The Hall–Kier alpha value is -2.94. The molecule has 0 saturated carbocycles. The SMILES string of the molecule is CC(C)[C@H](Nc1ccc(C#N)cn1)c1nnc2ccccn12. The Bertz CT molecular complexity index is 813. The summed E-state index contributed by atoms with van der Waals surface area (Å²) in [6.45, 7) is 4.23. The van der Waals surface area contributed by atoms with Crippen LogP contribution >= 0.6 is 0 Å². The van der Waals surface area contributed by atoms with E-state index in [1.807, 2.05) is 28.8 Å². The monoisotopic (exact) mass is 292 g/mol. The highest BCUT2D eigenvalue weighted by molar-refractivity contribution is 5.42. The second-order valence-electron chi connectivity index (χ2n) is 5.40. The minimum Gasteiger partial charge on any atom is -0.360 e. The lowest BCUT2D eigenvalue weighted by molar-refractivity contribution is 0.516. The first-order valence-corrected chi connectivity index (χ1v) is 7.11. The molecule has 6 heteroatoms. The highest BCUT2D eigenvalue weighted by Crippen LogP contribution is 2.24.